The minimum Gasteiger partial charge on any atom is -0.380 e. The summed E-state index contributed by atoms with van der Waals surface area (Å²) in [6.45, 7) is 4.80. The van der Waals surface area contributed by atoms with E-state index in [0.29, 0.717) is 12.6 Å². The van der Waals surface area contributed by atoms with Crippen LogP contribution >= 0.6 is 0 Å². The Morgan fingerprint density at radius 1 is 1.37 bits per heavy atom. The Balaban J connectivity index is 2.04. The van der Waals surface area contributed by atoms with Crippen molar-refractivity contribution in [3.05, 3.63) is 35.4 Å². The van der Waals surface area contributed by atoms with Gasteiger partial charge in [-0.25, -0.2) is 0 Å². The highest BCUT2D eigenvalue weighted by Gasteiger charge is 2.24. The molecule has 2 unspecified atom stereocenters. The van der Waals surface area contributed by atoms with Crippen LogP contribution in [0.25, 0.3) is 0 Å². The number of hydrogen-bond acceptors (Lipinski definition) is 3. The lowest BCUT2D eigenvalue weighted by atomic mass is 9.94. The number of rotatable bonds is 6. The fraction of sp³-hybridized carbons (Fsp3) is 0.625. The Labute approximate surface area is 116 Å². The van der Waals surface area contributed by atoms with E-state index < -0.39 is 0 Å². The van der Waals surface area contributed by atoms with Gasteiger partial charge in [0.05, 0.1) is 12.7 Å². The van der Waals surface area contributed by atoms with Crippen molar-refractivity contribution in [2.75, 3.05) is 20.3 Å². The molecule has 1 aliphatic heterocycles. The predicted octanol–water partition coefficient (Wildman–Crippen LogP) is 3.05. The van der Waals surface area contributed by atoms with Crippen LogP contribution in [-0.4, -0.2) is 26.3 Å². The van der Waals surface area contributed by atoms with Gasteiger partial charge in [-0.1, -0.05) is 31.2 Å². The van der Waals surface area contributed by atoms with Crippen LogP contribution in [0.3, 0.4) is 0 Å². The second-order valence-corrected chi connectivity index (χ2v) is 5.17. The molecule has 1 N–H and O–H groups in total. The normalized spacial score (nSPS) is 23.5. The van der Waals surface area contributed by atoms with Gasteiger partial charge in [0.1, 0.15) is 0 Å². The largest absolute Gasteiger partial charge is 0.380 e. The van der Waals surface area contributed by atoms with Gasteiger partial charge in [-0.15, -0.1) is 0 Å². The first-order valence-corrected chi connectivity index (χ1v) is 7.26. The van der Waals surface area contributed by atoms with Gasteiger partial charge in [0, 0.05) is 19.8 Å². The Morgan fingerprint density at radius 3 is 3.00 bits per heavy atom. The van der Waals surface area contributed by atoms with Crippen LogP contribution in [0.4, 0.5) is 0 Å². The second kappa shape index (κ2) is 7.63. The first kappa shape index (κ1) is 14.5. The molecule has 0 aromatic heterocycles. The minimum absolute atomic E-state index is 0.203. The highest BCUT2D eigenvalue weighted by Crippen LogP contribution is 2.30. The maximum absolute atomic E-state index is 5.97. The van der Waals surface area contributed by atoms with Crippen molar-refractivity contribution in [1.82, 2.24) is 5.32 Å². The summed E-state index contributed by atoms with van der Waals surface area (Å²) in [6.07, 6.45) is 3.56. The summed E-state index contributed by atoms with van der Waals surface area (Å²) in [5.41, 5.74) is 2.53. The average molecular weight is 263 g/mol. The summed E-state index contributed by atoms with van der Waals surface area (Å²) < 4.78 is 11.2. The third kappa shape index (κ3) is 4.03. The predicted molar refractivity (Wildman–Crippen MR) is 77.2 cm³/mol. The highest BCUT2D eigenvalue weighted by molar-refractivity contribution is 5.29. The van der Waals surface area contributed by atoms with Crippen molar-refractivity contribution >= 4 is 0 Å². The number of methoxy groups -OCH3 is 1. The number of nitrogens with one attached hydrogen (secondary N) is 1. The molecule has 2 atom stereocenters. The molecule has 0 saturated carbocycles. The number of ether oxygens (including phenoxy) is 2. The smallest absolute Gasteiger partial charge is 0.0843 e. The lowest BCUT2D eigenvalue weighted by Gasteiger charge is -2.31. The molecule has 1 saturated heterocycles. The summed E-state index contributed by atoms with van der Waals surface area (Å²) in [6, 6.07) is 9.02. The summed E-state index contributed by atoms with van der Waals surface area (Å²) in [5.74, 6) is 0. The van der Waals surface area contributed by atoms with Gasteiger partial charge in [0.15, 0.2) is 0 Å². The van der Waals surface area contributed by atoms with E-state index in [1.54, 1.807) is 7.11 Å². The van der Waals surface area contributed by atoms with Crippen LogP contribution in [0, 0.1) is 0 Å². The molecule has 1 heterocycles. The molecule has 0 bridgehead atoms. The van der Waals surface area contributed by atoms with Crippen LogP contribution in [0.5, 0.6) is 0 Å². The van der Waals surface area contributed by atoms with Gasteiger partial charge in [-0.2, -0.15) is 0 Å². The molecule has 1 fully saturated rings. The zero-order valence-corrected chi connectivity index (χ0v) is 12.0. The van der Waals surface area contributed by atoms with E-state index in [0.717, 1.165) is 26.0 Å². The van der Waals surface area contributed by atoms with Crippen LogP contribution < -0.4 is 5.32 Å². The van der Waals surface area contributed by atoms with Crippen molar-refractivity contribution in [1.29, 1.82) is 0 Å². The standard InChI is InChI=1S/C16H25NO2/c1-3-9-17-14-8-10-19-16(11-14)15-7-5-4-6-13(15)12-18-2/h4-7,14,16-17H,3,8-12H2,1-2H3. The van der Waals surface area contributed by atoms with Crippen LogP contribution in [0.15, 0.2) is 24.3 Å². The first-order valence-electron chi connectivity index (χ1n) is 7.26. The molecular formula is C16H25NO2. The van der Waals surface area contributed by atoms with Crippen LogP contribution in [-0.2, 0) is 16.1 Å². The maximum atomic E-state index is 5.97. The molecule has 1 aromatic rings. The van der Waals surface area contributed by atoms with Crippen molar-refractivity contribution < 1.29 is 9.47 Å². The molecule has 0 aliphatic carbocycles. The number of benzene rings is 1. The minimum atomic E-state index is 0.203. The van der Waals surface area contributed by atoms with E-state index in [2.05, 4.69) is 36.5 Å². The SMILES string of the molecule is CCCNC1CCOC(c2ccccc2COC)C1. The summed E-state index contributed by atoms with van der Waals surface area (Å²) in [5, 5.41) is 3.61. The lowest BCUT2D eigenvalue weighted by molar-refractivity contribution is -0.000940. The molecule has 19 heavy (non-hydrogen) atoms. The Bertz CT molecular complexity index is 381. The zero-order chi connectivity index (χ0) is 13.5. The summed E-state index contributed by atoms with van der Waals surface area (Å²) in [7, 11) is 1.74. The molecule has 1 aromatic carbocycles. The van der Waals surface area contributed by atoms with Crippen LogP contribution in [0.1, 0.15) is 43.4 Å². The second-order valence-electron chi connectivity index (χ2n) is 5.17. The molecule has 106 valence electrons. The topological polar surface area (TPSA) is 30.5 Å². The molecule has 0 radical (unpaired) electrons. The number of hydrogen-bond donors (Lipinski definition) is 1. The average Bonchev–Trinajstić information content (AvgIpc) is 2.46. The van der Waals surface area contributed by atoms with E-state index in [4.69, 9.17) is 9.47 Å². The monoisotopic (exact) mass is 263 g/mol. The van der Waals surface area contributed by atoms with Crippen molar-refractivity contribution in [2.24, 2.45) is 0 Å². The third-order valence-corrected chi connectivity index (χ3v) is 3.67. The maximum Gasteiger partial charge on any atom is 0.0843 e. The van der Waals surface area contributed by atoms with Gasteiger partial charge >= 0.3 is 0 Å². The molecule has 1 aliphatic rings. The van der Waals surface area contributed by atoms with E-state index in [9.17, 15) is 0 Å². The Morgan fingerprint density at radius 2 is 2.21 bits per heavy atom. The van der Waals surface area contributed by atoms with Crippen molar-refractivity contribution in [3.8, 4) is 0 Å². The zero-order valence-electron chi connectivity index (χ0n) is 12.0. The van der Waals surface area contributed by atoms with E-state index in [1.165, 1.54) is 17.5 Å². The van der Waals surface area contributed by atoms with Crippen molar-refractivity contribution in [3.63, 3.8) is 0 Å². The van der Waals surface area contributed by atoms with Gasteiger partial charge in [0.25, 0.3) is 0 Å². The molecule has 0 amide bonds. The summed E-state index contributed by atoms with van der Waals surface area (Å²) in [4.78, 5) is 0. The van der Waals surface area contributed by atoms with Crippen LogP contribution in [0.2, 0.25) is 0 Å². The van der Waals surface area contributed by atoms with Gasteiger partial charge < -0.3 is 14.8 Å². The highest BCUT2D eigenvalue weighted by atomic mass is 16.5. The molecule has 3 heteroatoms. The van der Waals surface area contributed by atoms with Gasteiger partial charge in [-0.3, -0.25) is 0 Å². The Kier molecular flexibility index (Phi) is 5.83. The van der Waals surface area contributed by atoms with E-state index in [-0.39, 0.29) is 6.10 Å². The molecule has 2 rings (SSSR count). The molecular weight excluding hydrogens is 238 g/mol. The summed E-state index contributed by atoms with van der Waals surface area (Å²) >= 11 is 0. The lowest BCUT2D eigenvalue weighted by Crippen LogP contribution is -2.36. The first-order chi connectivity index (χ1) is 9.35. The van der Waals surface area contributed by atoms with E-state index >= 15 is 0 Å². The van der Waals surface area contributed by atoms with Gasteiger partial charge in [-0.05, 0) is 36.9 Å². The van der Waals surface area contributed by atoms with Crippen molar-refractivity contribution in [2.45, 2.75) is 44.9 Å². The fourth-order valence-corrected chi connectivity index (χ4v) is 2.68. The fourth-order valence-electron chi connectivity index (χ4n) is 2.68. The quantitative estimate of drug-likeness (QED) is 0.855. The molecule has 0 spiro atoms. The van der Waals surface area contributed by atoms with Gasteiger partial charge in [0.2, 0.25) is 0 Å². The third-order valence-electron chi connectivity index (χ3n) is 3.67. The Hall–Kier alpha value is -0.900. The van der Waals surface area contributed by atoms with E-state index in [1.807, 2.05) is 0 Å². The molecule has 3 nitrogen and oxygen atoms in total.